The van der Waals surface area contributed by atoms with Crippen LogP contribution in [0, 0.1) is 0 Å². The summed E-state index contributed by atoms with van der Waals surface area (Å²) in [7, 11) is 1.59. The molecule has 0 N–H and O–H groups in total. The van der Waals surface area contributed by atoms with Gasteiger partial charge in [-0.2, -0.15) is 0 Å². The lowest BCUT2D eigenvalue weighted by atomic mass is 10.2. The number of carbonyl (C=O) groups excluding carboxylic acids is 2. The Morgan fingerprint density at radius 2 is 1.90 bits per heavy atom. The Bertz CT molecular complexity index is 776. The zero-order chi connectivity index (χ0) is 21.1. The van der Waals surface area contributed by atoms with E-state index in [1.165, 1.54) is 11.3 Å². The van der Waals surface area contributed by atoms with Gasteiger partial charge in [0, 0.05) is 24.6 Å². The molecule has 0 aliphatic carbocycles. The van der Waals surface area contributed by atoms with Crippen LogP contribution < -0.4 is 4.74 Å². The van der Waals surface area contributed by atoms with Crippen LogP contribution in [0.25, 0.3) is 0 Å². The quantitative estimate of drug-likeness (QED) is 0.384. The van der Waals surface area contributed by atoms with Gasteiger partial charge in [0.2, 0.25) is 0 Å². The Labute approximate surface area is 175 Å². The van der Waals surface area contributed by atoms with Gasteiger partial charge < -0.3 is 19.1 Å². The van der Waals surface area contributed by atoms with Gasteiger partial charge in [-0.05, 0) is 37.6 Å². The molecule has 0 saturated heterocycles. The van der Waals surface area contributed by atoms with Crippen LogP contribution >= 0.6 is 11.3 Å². The van der Waals surface area contributed by atoms with Crippen LogP contribution in [-0.4, -0.2) is 55.2 Å². The standard InChI is InChI=1S/C21H28N2O5S/c1-4-6-12-28-17-9-7-16(8-10-17)20(24)23(11-13-26-3)14-19-22-18(15-29-19)21(25)27-5-2/h7-10,15H,4-6,11-14H2,1-3H3. The van der Waals surface area contributed by atoms with Crippen LogP contribution in [0.2, 0.25) is 0 Å². The molecule has 0 radical (unpaired) electrons. The monoisotopic (exact) mass is 420 g/mol. The first-order valence-electron chi connectivity index (χ1n) is 9.71. The number of amides is 1. The zero-order valence-electron chi connectivity index (χ0n) is 17.2. The smallest absolute Gasteiger partial charge is 0.357 e. The molecule has 2 aromatic rings. The number of methoxy groups -OCH3 is 1. The lowest BCUT2D eigenvalue weighted by Gasteiger charge is -2.21. The highest BCUT2D eigenvalue weighted by atomic mass is 32.1. The van der Waals surface area contributed by atoms with E-state index in [-0.39, 0.29) is 11.6 Å². The Morgan fingerprint density at radius 1 is 1.14 bits per heavy atom. The number of unbranched alkanes of at least 4 members (excludes halogenated alkanes) is 1. The molecule has 2 rings (SSSR count). The maximum Gasteiger partial charge on any atom is 0.357 e. The first kappa shape index (κ1) is 22.8. The molecule has 0 fully saturated rings. The second kappa shape index (κ2) is 12.2. The van der Waals surface area contributed by atoms with Gasteiger partial charge in [-0.3, -0.25) is 4.79 Å². The van der Waals surface area contributed by atoms with Crippen LogP contribution in [0.1, 0.15) is 52.5 Å². The average molecular weight is 421 g/mol. The fourth-order valence-electron chi connectivity index (χ4n) is 2.51. The minimum atomic E-state index is -0.455. The predicted molar refractivity (Wildman–Crippen MR) is 112 cm³/mol. The van der Waals surface area contributed by atoms with Crippen molar-refractivity contribution in [3.63, 3.8) is 0 Å². The summed E-state index contributed by atoms with van der Waals surface area (Å²) in [5.74, 6) is 0.163. The maximum absolute atomic E-state index is 13.0. The summed E-state index contributed by atoms with van der Waals surface area (Å²) in [5.41, 5.74) is 0.825. The number of esters is 1. The molecule has 0 aliphatic rings. The van der Waals surface area contributed by atoms with Crippen molar-refractivity contribution < 1.29 is 23.8 Å². The van der Waals surface area contributed by atoms with E-state index in [4.69, 9.17) is 14.2 Å². The van der Waals surface area contributed by atoms with Crippen molar-refractivity contribution in [1.29, 1.82) is 0 Å². The highest BCUT2D eigenvalue weighted by Crippen LogP contribution is 2.18. The van der Waals surface area contributed by atoms with Crippen molar-refractivity contribution in [1.82, 2.24) is 9.88 Å². The topological polar surface area (TPSA) is 78.0 Å². The molecule has 1 heterocycles. The summed E-state index contributed by atoms with van der Waals surface area (Å²) in [4.78, 5) is 30.7. The molecule has 1 aromatic heterocycles. The summed E-state index contributed by atoms with van der Waals surface area (Å²) in [5, 5.41) is 2.31. The number of ether oxygens (including phenoxy) is 3. The second-order valence-corrected chi connectivity index (χ2v) is 7.24. The number of carbonyl (C=O) groups is 2. The fraction of sp³-hybridized carbons (Fsp3) is 0.476. The fourth-order valence-corrected chi connectivity index (χ4v) is 3.29. The third-order valence-corrected chi connectivity index (χ3v) is 4.92. The number of nitrogens with zero attached hydrogens (tertiary/aromatic N) is 2. The summed E-state index contributed by atoms with van der Waals surface area (Å²) in [6, 6.07) is 7.13. The Morgan fingerprint density at radius 3 is 2.55 bits per heavy atom. The Kier molecular flexibility index (Phi) is 9.59. The van der Waals surface area contributed by atoms with E-state index in [1.54, 1.807) is 48.6 Å². The van der Waals surface area contributed by atoms with E-state index < -0.39 is 5.97 Å². The molecule has 158 valence electrons. The van der Waals surface area contributed by atoms with Gasteiger partial charge in [0.05, 0.1) is 26.4 Å². The molecule has 1 aromatic carbocycles. The van der Waals surface area contributed by atoms with Gasteiger partial charge in [-0.25, -0.2) is 9.78 Å². The molecule has 7 nitrogen and oxygen atoms in total. The third kappa shape index (κ3) is 7.14. The van der Waals surface area contributed by atoms with E-state index in [1.807, 2.05) is 0 Å². The maximum atomic E-state index is 13.0. The molecule has 0 unspecified atom stereocenters. The molecule has 0 atom stereocenters. The number of aromatic nitrogens is 1. The molecule has 29 heavy (non-hydrogen) atoms. The van der Waals surface area contributed by atoms with Crippen LogP contribution in [0.4, 0.5) is 0 Å². The minimum absolute atomic E-state index is 0.130. The first-order valence-corrected chi connectivity index (χ1v) is 10.6. The van der Waals surface area contributed by atoms with Gasteiger partial charge in [0.25, 0.3) is 5.91 Å². The van der Waals surface area contributed by atoms with Crippen molar-refractivity contribution in [3.8, 4) is 5.75 Å². The van der Waals surface area contributed by atoms with Crippen molar-refractivity contribution in [2.75, 3.05) is 33.5 Å². The molecular weight excluding hydrogens is 392 g/mol. The summed E-state index contributed by atoms with van der Waals surface area (Å²) in [6.07, 6.45) is 2.06. The van der Waals surface area contributed by atoms with Crippen LogP contribution in [-0.2, 0) is 16.0 Å². The lowest BCUT2D eigenvalue weighted by Crippen LogP contribution is -2.33. The second-order valence-electron chi connectivity index (χ2n) is 6.29. The molecule has 0 spiro atoms. The van der Waals surface area contributed by atoms with Crippen LogP contribution in [0.5, 0.6) is 5.75 Å². The van der Waals surface area contributed by atoms with E-state index in [2.05, 4.69) is 11.9 Å². The average Bonchev–Trinajstić information content (AvgIpc) is 3.20. The molecule has 0 bridgehead atoms. The summed E-state index contributed by atoms with van der Waals surface area (Å²) < 4.78 is 15.8. The summed E-state index contributed by atoms with van der Waals surface area (Å²) >= 11 is 1.33. The van der Waals surface area contributed by atoms with Gasteiger partial charge >= 0.3 is 5.97 Å². The van der Waals surface area contributed by atoms with Crippen molar-refractivity contribution in [3.05, 3.63) is 45.9 Å². The lowest BCUT2D eigenvalue weighted by molar-refractivity contribution is 0.0520. The first-order chi connectivity index (χ1) is 14.1. The number of thiazole rings is 1. The molecule has 0 saturated carbocycles. The van der Waals surface area contributed by atoms with Crippen LogP contribution in [0.15, 0.2) is 29.6 Å². The number of hydrogen-bond donors (Lipinski definition) is 0. The van der Waals surface area contributed by atoms with E-state index >= 15 is 0 Å². The Balaban J connectivity index is 2.06. The van der Waals surface area contributed by atoms with Crippen molar-refractivity contribution in [2.45, 2.75) is 33.2 Å². The largest absolute Gasteiger partial charge is 0.494 e. The van der Waals surface area contributed by atoms with Crippen molar-refractivity contribution >= 4 is 23.2 Å². The predicted octanol–water partition coefficient (Wildman–Crippen LogP) is 3.79. The summed E-state index contributed by atoms with van der Waals surface area (Å²) in [6.45, 7) is 5.92. The van der Waals surface area contributed by atoms with Crippen molar-refractivity contribution in [2.24, 2.45) is 0 Å². The zero-order valence-corrected chi connectivity index (χ0v) is 18.0. The number of hydrogen-bond acceptors (Lipinski definition) is 7. The SMILES string of the molecule is CCCCOc1ccc(C(=O)N(CCOC)Cc2nc(C(=O)OCC)cs2)cc1. The highest BCUT2D eigenvalue weighted by molar-refractivity contribution is 7.09. The molecule has 1 amide bonds. The van der Waals surface area contributed by atoms with Gasteiger partial charge in [0.1, 0.15) is 10.8 Å². The minimum Gasteiger partial charge on any atom is -0.494 e. The molecular formula is C21H28N2O5S. The molecule has 8 heteroatoms. The third-order valence-electron chi connectivity index (χ3n) is 4.08. The Hall–Kier alpha value is -2.45. The number of benzene rings is 1. The normalized spacial score (nSPS) is 10.6. The number of rotatable bonds is 12. The molecule has 0 aliphatic heterocycles. The van der Waals surface area contributed by atoms with E-state index in [9.17, 15) is 9.59 Å². The highest BCUT2D eigenvalue weighted by Gasteiger charge is 2.19. The van der Waals surface area contributed by atoms with E-state index in [0.29, 0.717) is 43.5 Å². The van der Waals surface area contributed by atoms with Crippen LogP contribution in [0.3, 0.4) is 0 Å². The van der Waals surface area contributed by atoms with E-state index in [0.717, 1.165) is 18.6 Å². The van der Waals surface area contributed by atoms with Gasteiger partial charge in [-0.15, -0.1) is 11.3 Å². The van der Waals surface area contributed by atoms with Gasteiger partial charge in [-0.1, -0.05) is 13.3 Å². The van der Waals surface area contributed by atoms with Gasteiger partial charge in [0.15, 0.2) is 5.69 Å².